The molecule has 0 radical (unpaired) electrons. The Kier molecular flexibility index (Phi) is 3.43. The second-order valence-electron chi connectivity index (χ2n) is 4.94. The number of carboxylic acids is 1. The molecule has 1 aromatic heterocycles. The van der Waals surface area contributed by atoms with Gasteiger partial charge < -0.3 is 5.11 Å². The zero-order valence-corrected chi connectivity index (χ0v) is 10.3. The van der Waals surface area contributed by atoms with Crippen molar-refractivity contribution in [2.24, 2.45) is 5.92 Å². The van der Waals surface area contributed by atoms with Gasteiger partial charge in [-0.15, -0.1) is 0 Å². The van der Waals surface area contributed by atoms with Crippen LogP contribution in [0.3, 0.4) is 0 Å². The third kappa shape index (κ3) is 2.82. The maximum atomic E-state index is 10.8. The predicted molar refractivity (Wildman–Crippen MR) is 64.8 cm³/mol. The summed E-state index contributed by atoms with van der Waals surface area (Å²) in [5.74, 6) is -0.248. The number of aromatic carboxylic acids is 1. The van der Waals surface area contributed by atoms with Gasteiger partial charge in [-0.05, 0) is 31.4 Å². The van der Waals surface area contributed by atoms with Gasteiger partial charge in [0.2, 0.25) is 0 Å². The summed E-state index contributed by atoms with van der Waals surface area (Å²) >= 11 is 0. The Morgan fingerprint density at radius 3 is 2.88 bits per heavy atom. The topological polar surface area (TPSA) is 53.4 Å². The number of carboxylic acid groups (broad SMARTS) is 1. The Balaban J connectivity index is 2.08. The van der Waals surface area contributed by atoms with Crippen molar-refractivity contribution < 1.29 is 9.90 Å². The van der Waals surface area contributed by atoms with Crippen molar-refractivity contribution in [3.8, 4) is 0 Å². The molecule has 1 fully saturated rings. The molecule has 1 aliphatic heterocycles. The van der Waals surface area contributed by atoms with Gasteiger partial charge in [0.15, 0.2) is 0 Å². The molecule has 0 aromatic carbocycles. The summed E-state index contributed by atoms with van der Waals surface area (Å²) in [7, 11) is 0. The van der Waals surface area contributed by atoms with Crippen LogP contribution in [0.5, 0.6) is 0 Å². The first-order chi connectivity index (χ1) is 8.06. The van der Waals surface area contributed by atoms with E-state index in [0.717, 1.165) is 18.8 Å². The Morgan fingerprint density at radius 1 is 1.53 bits per heavy atom. The van der Waals surface area contributed by atoms with Crippen LogP contribution in [0.15, 0.2) is 18.2 Å². The number of hydrogen-bond donors (Lipinski definition) is 1. The monoisotopic (exact) mass is 234 g/mol. The van der Waals surface area contributed by atoms with Crippen molar-refractivity contribution in [3.63, 3.8) is 0 Å². The Labute approximate surface area is 101 Å². The highest BCUT2D eigenvalue weighted by atomic mass is 16.4. The van der Waals surface area contributed by atoms with Crippen LogP contribution in [0.2, 0.25) is 0 Å². The lowest BCUT2D eigenvalue weighted by molar-refractivity contribution is 0.0690. The molecule has 92 valence electrons. The predicted octanol–water partition coefficient (Wildman–Crippen LogP) is 2.01. The van der Waals surface area contributed by atoms with Crippen LogP contribution < -0.4 is 0 Å². The van der Waals surface area contributed by atoms with Crippen molar-refractivity contribution in [1.82, 2.24) is 9.88 Å². The van der Waals surface area contributed by atoms with Gasteiger partial charge in [0, 0.05) is 19.1 Å². The highest BCUT2D eigenvalue weighted by Gasteiger charge is 2.26. The molecule has 2 unspecified atom stereocenters. The first-order valence-electron chi connectivity index (χ1n) is 5.99. The SMILES string of the molecule is CC1CC(C)N(Cc2cccc(C(=O)O)n2)C1. The van der Waals surface area contributed by atoms with Gasteiger partial charge in [-0.25, -0.2) is 9.78 Å². The molecule has 2 heterocycles. The summed E-state index contributed by atoms with van der Waals surface area (Å²) in [6.45, 7) is 6.27. The quantitative estimate of drug-likeness (QED) is 0.869. The minimum absolute atomic E-state index is 0.127. The van der Waals surface area contributed by atoms with E-state index in [-0.39, 0.29) is 5.69 Å². The van der Waals surface area contributed by atoms with E-state index in [1.165, 1.54) is 12.5 Å². The second-order valence-corrected chi connectivity index (χ2v) is 4.94. The summed E-state index contributed by atoms with van der Waals surface area (Å²) in [5, 5.41) is 8.89. The molecule has 4 nitrogen and oxygen atoms in total. The lowest BCUT2D eigenvalue weighted by Crippen LogP contribution is -2.27. The first-order valence-corrected chi connectivity index (χ1v) is 5.99. The number of aromatic nitrogens is 1. The van der Waals surface area contributed by atoms with Crippen LogP contribution >= 0.6 is 0 Å². The van der Waals surface area contributed by atoms with Gasteiger partial charge in [-0.3, -0.25) is 4.90 Å². The molecule has 17 heavy (non-hydrogen) atoms. The number of nitrogens with zero attached hydrogens (tertiary/aromatic N) is 2. The Bertz CT molecular complexity index is 420. The van der Waals surface area contributed by atoms with Crippen molar-refractivity contribution in [1.29, 1.82) is 0 Å². The van der Waals surface area contributed by atoms with Gasteiger partial charge >= 0.3 is 5.97 Å². The molecule has 0 bridgehead atoms. The number of rotatable bonds is 3. The van der Waals surface area contributed by atoms with E-state index in [1.54, 1.807) is 6.07 Å². The van der Waals surface area contributed by atoms with Crippen LogP contribution in [0, 0.1) is 5.92 Å². The highest BCUT2D eigenvalue weighted by molar-refractivity contribution is 5.85. The Morgan fingerprint density at radius 2 is 2.29 bits per heavy atom. The van der Waals surface area contributed by atoms with Crippen molar-refractivity contribution in [2.75, 3.05) is 6.54 Å². The lowest BCUT2D eigenvalue weighted by atomic mass is 10.1. The van der Waals surface area contributed by atoms with Crippen molar-refractivity contribution in [2.45, 2.75) is 32.9 Å². The van der Waals surface area contributed by atoms with E-state index < -0.39 is 5.97 Å². The van der Waals surface area contributed by atoms with Crippen LogP contribution in [0.1, 0.15) is 36.5 Å². The third-order valence-corrected chi connectivity index (χ3v) is 3.30. The van der Waals surface area contributed by atoms with E-state index in [9.17, 15) is 4.79 Å². The molecule has 2 atom stereocenters. The maximum absolute atomic E-state index is 10.8. The van der Waals surface area contributed by atoms with Gasteiger partial charge in [0.25, 0.3) is 0 Å². The number of carbonyl (C=O) groups is 1. The van der Waals surface area contributed by atoms with Crippen LogP contribution in [0.25, 0.3) is 0 Å². The van der Waals surface area contributed by atoms with E-state index in [0.29, 0.717) is 12.0 Å². The van der Waals surface area contributed by atoms with Crippen LogP contribution in [-0.4, -0.2) is 33.5 Å². The summed E-state index contributed by atoms with van der Waals surface area (Å²) in [4.78, 5) is 17.3. The molecular formula is C13H18N2O2. The van der Waals surface area contributed by atoms with Crippen molar-refractivity contribution in [3.05, 3.63) is 29.6 Å². The van der Waals surface area contributed by atoms with Crippen LogP contribution in [0.4, 0.5) is 0 Å². The normalized spacial score (nSPS) is 25.1. The van der Waals surface area contributed by atoms with Crippen LogP contribution in [-0.2, 0) is 6.54 Å². The van der Waals surface area contributed by atoms with E-state index in [1.807, 2.05) is 6.07 Å². The van der Waals surface area contributed by atoms with Gasteiger partial charge in [-0.2, -0.15) is 0 Å². The zero-order chi connectivity index (χ0) is 12.4. The van der Waals surface area contributed by atoms with E-state index in [4.69, 9.17) is 5.11 Å². The van der Waals surface area contributed by atoms with Gasteiger partial charge in [-0.1, -0.05) is 13.0 Å². The zero-order valence-electron chi connectivity index (χ0n) is 10.3. The smallest absolute Gasteiger partial charge is 0.354 e. The largest absolute Gasteiger partial charge is 0.477 e. The average Bonchev–Trinajstić information content (AvgIpc) is 2.58. The standard InChI is InChI=1S/C13H18N2O2/c1-9-6-10(2)15(7-9)8-11-4-3-5-12(14-11)13(16)17/h3-5,9-10H,6-8H2,1-2H3,(H,16,17). The van der Waals surface area contributed by atoms with E-state index >= 15 is 0 Å². The minimum atomic E-state index is -0.963. The number of hydrogen-bond acceptors (Lipinski definition) is 3. The molecule has 0 aliphatic carbocycles. The summed E-state index contributed by atoms with van der Waals surface area (Å²) in [5.41, 5.74) is 0.966. The third-order valence-electron chi connectivity index (χ3n) is 3.30. The maximum Gasteiger partial charge on any atom is 0.354 e. The molecule has 4 heteroatoms. The minimum Gasteiger partial charge on any atom is -0.477 e. The highest BCUT2D eigenvalue weighted by Crippen LogP contribution is 2.23. The molecular weight excluding hydrogens is 216 g/mol. The molecule has 1 aromatic rings. The lowest BCUT2D eigenvalue weighted by Gasteiger charge is -2.20. The fourth-order valence-corrected chi connectivity index (χ4v) is 2.50. The molecule has 0 saturated carbocycles. The molecule has 1 N–H and O–H groups in total. The Hall–Kier alpha value is -1.42. The molecule has 0 spiro atoms. The molecule has 2 rings (SSSR count). The van der Waals surface area contributed by atoms with Crippen molar-refractivity contribution >= 4 is 5.97 Å². The molecule has 0 amide bonds. The fraction of sp³-hybridized carbons (Fsp3) is 0.538. The summed E-state index contributed by atoms with van der Waals surface area (Å²) < 4.78 is 0. The summed E-state index contributed by atoms with van der Waals surface area (Å²) in [6.07, 6.45) is 1.21. The van der Waals surface area contributed by atoms with E-state index in [2.05, 4.69) is 23.7 Å². The molecule has 1 aliphatic rings. The van der Waals surface area contributed by atoms with Gasteiger partial charge in [0.05, 0.1) is 5.69 Å². The number of pyridine rings is 1. The molecule has 1 saturated heterocycles. The fourth-order valence-electron chi connectivity index (χ4n) is 2.50. The second kappa shape index (κ2) is 4.84. The van der Waals surface area contributed by atoms with Gasteiger partial charge in [0.1, 0.15) is 5.69 Å². The first kappa shape index (κ1) is 12.0. The summed E-state index contributed by atoms with van der Waals surface area (Å²) in [6, 6.07) is 5.74. The average molecular weight is 234 g/mol. The number of likely N-dealkylation sites (tertiary alicyclic amines) is 1.